The molecule has 0 aliphatic carbocycles. The zero-order chi connectivity index (χ0) is 17.0. The van der Waals surface area contributed by atoms with E-state index in [0.29, 0.717) is 0 Å². The van der Waals surface area contributed by atoms with Crippen molar-refractivity contribution in [1.82, 2.24) is 0 Å². The van der Waals surface area contributed by atoms with E-state index in [2.05, 4.69) is 24.3 Å². The van der Waals surface area contributed by atoms with Gasteiger partial charge >= 0.3 is 5.51 Å². The Morgan fingerprint density at radius 2 is 1.00 bits per heavy atom. The maximum Gasteiger partial charge on any atom is 0.446 e. The number of rotatable bonds is 4. The van der Waals surface area contributed by atoms with Crippen molar-refractivity contribution in [1.29, 1.82) is 0 Å². The molecule has 24 heavy (non-hydrogen) atoms. The molecule has 0 amide bonds. The minimum Gasteiger partial charge on any atom is -0.173 e. The van der Waals surface area contributed by atoms with E-state index in [1.807, 2.05) is 36.4 Å². The minimum atomic E-state index is -4.26. The van der Waals surface area contributed by atoms with Crippen LogP contribution in [0, 0.1) is 0 Å². The van der Waals surface area contributed by atoms with E-state index in [1.54, 1.807) is 24.3 Å². The van der Waals surface area contributed by atoms with E-state index >= 15 is 0 Å². The summed E-state index contributed by atoms with van der Waals surface area (Å²) in [6, 6.07) is 26.9. The first kappa shape index (κ1) is 17.0. The van der Waals surface area contributed by atoms with Gasteiger partial charge in [0.05, 0.1) is 0 Å². The molecule has 3 rings (SSSR count). The molecule has 0 heterocycles. The third kappa shape index (κ3) is 4.36. The predicted octanol–water partition coefficient (Wildman–Crippen LogP) is 6.78. The summed E-state index contributed by atoms with van der Waals surface area (Å²) in [5.41, 5.74) is -4.26. The number of thioether (sulfide) groups is 1. The van der Waals surface area contributed by atoms with Crippen LogP contribution in [-0.4, -0.2) is 5.51 Å². The number of alkyl halides is 3. The highest BCUT2D eigenvalue weighted by molar-refractivity contribution is 8.17. The van der Waals surface area contributed by atoms with Crippen LogP contribution >= 0.6 is 22.7 Å². The summed E-state index contributed by atoms with van der Waals surface area (Å²) in [6.07, 6.45) is 0. The molecule has 0 fully saturated rings. The Kier molecular flexibility index (Phi) is 5.21. The monoisotopic (exact) mass is 364 g/mol. The maximum absolute atomic E-state index is 12.5. The molecule has 0 aliphatic rings. The highest BCUT2D eigenvalue weighted by Gasteiger charge is 2.29. The lowest BCUT2D eigenvalue weighted by molar-refractivity contribution is -0.0328. The molecule has 124 valence electrons. The highest BCUT2D eigenvalue weighted by atomic mass is 32.2. The van der Waals surface area contributed by atoms with E-state index in [-0.39, 0.29) is 16.7 Å². The summed E-state index contributed by atoms with van der Waals surface area (Å²) in [5.74, 6) is 0. The first-order chi connectivity index (χ1) is 11.5. The first-order valence-electron chi connectivity index (χ1n) is 7.29. The van der Waals surface area contributed by atoms with Crippen LogP contribution in [0.5, 0.6) is 0 Å². The van der Waals surface area contributed by atoms with Crippen molar-refractivity contribution < 1.29 is 13.2 Å². The summed E-state index contributed by atoms with van der Waals surface area (Å²) in [4.78, 5) is 3.60. The average molecular weight is 364 g/mol. The quantitative estimate of drug-likeness (QED) is 0.393. The molecule has 0 atom stereocenters. The molecule has 0 aliphatic heterocycles. The Morgan fingerprint density at radius 3 is 1.42 bits per heavy atom. The number of hydrogen-bond acceptors (Lipinski definition) is 1. The van der Waals surface area contributed by atoms with Gasteiger partial charge in [0.15, 0.2) is 0 Å². The zero-order valence-corrected chi connectivity index (χ0v) is 14.3. The lowest BCUT2D eigenvalue weighted by Gasteiger charge is -2.23. The van der Waals surface area contributed by atoms with Crippen LogP contribution in [0.3, 0.4) is 0 Å². The normalized spacial score (nSPS) is 12.0. The predicted molar refractivity (Wildman–Crippen MR) is 95.0 cm³/mol. The van der Waals surface area contributed by atoms with E-state index in [1.165, 1.54) is 9.79 Å². The Morgan fingerprint density at radius 1 is 0.583 bits per heavy atom. The summed E-state index contributed by atoms with van der Waals surface area (Å²) in [7, 11) is -0.782. The Hall–Kier alpha value is -1.85. The van der Waals surface area contributed by atoms with Crippen molar-refractivity contribution in [3.63, 3.8) is 0 Å². The highest BCUT2D eigenvalue weighted by Crippen LogP contribution is 2.51. The molecular weight excluding hydrogens is 349 g/mol. The van der Waals surface area contributed by atoms with Crippen LogP contribution < -0.4 is 0 Å². The maximum atomic E-state index is 12.5. The summed E-state index contributed by atoms with van der Waals surface area (Å²) >= 11 is -0.0800. The van der Waals surface area contributed by atoms with Crippen LogP contribution in [0.15, 0.2) is 105 Å². The van der Waals surface area contributed by atoms with Crippen LogP contribution in [0.25, 0.3) is 0 Å². The van der Waals surface area contributed by atoms with E-state index < -0.39 is 16.4 Å². The number of benzene rings is 3. The third-order valence-corrected chi connectivity index (χ3v) is 6.54. The van der Waals surface area contributed by atoms with Gasteiger partial charge in [-0.1, -0.05) is 36.4 Å². The fourth-order valence-electron chi connectivity index (χ4n) is 2.40. The van der Waals surface area contributed by atoms with Gasteiger partial charge in [0, 0.05) is 4.90 Å². The molecule has 0 saturated heterocycles. The van der Waals surface area contributed by atoms with Gasteiger partial charge in [0.2, 0.25) is 0 Å². The lowest BCUT2D eigenvalue weighted by Crippen LogP contribution is -1.98. The number of halogens is 3. The SMILES string of the molecule is FC(F)(F)Sc1ccc([SH](c2ccccc2)c2ccccc2)cc1. The van der Waals surface area contributed by atoms with Crippen LogP contribution in [0.2, 0.25) is 0 Å². The second kappa shape index (κ2) is 7.36. The summed E-state index contributed by atoms with van der Waals surface area (Å²) < 4.78 is 37.5. The van der Waals surface area contributed by atoms with Crippen molar-refractivity contribution in [2.75, 3.05) is 0 Å². The minimum absolute atomic E-state index is 0.0800. The third-order valence-electron chi connectivity index (χ3n) is 3.36. The van der Waals surface area contributed by atoms with E-state index in [9.17, 15) is 13.2 Å². The smallest absolute Gasteiger partial charge is 0.173 e. The fraction of sp³-hybridized carbons (Fsp3) is 0.0526. The second-order valence-electron chi connectivity index (χ2n) is 5.05. The second-order valence-corrected chi connectivity index (χ2v) is 8.41. The molecule has 5 heteroatoms. The van der Waals surface area contributed by atoms with Gasteiger partial charge in [-0.2, -0.15) is 24.1 Å². The lowest BCUT2D eigenvalue weighted by atomic mass is 10.4. The summed E-state index contributed by atoms with van der Waals surface area (Å²) in [5, 5.41) is 0. The fourth-order valence-corrected chi connectivity index (χ4v) is 5.22. The largest absolute Gasteiger partial charge is 0.446 e. The zero-order valence-electron chi connectivity index (χ0n) is 12.6. The van der Waals surface area contributed by atoms with Crippen LogP contribution in [0.1, 0.15) is 0 Å². The Labute approximate surface area is 146 Å². The molecule has 0 unspecified atom stereocenters. The van der Waals surface area contributed by atoms with Gasteiger partial charge in [-0.05, 0) is 75.0 Å². The van der Waals surface area contributed by atoms with Gasteiger partial charge in [0.25, 0.3) is 0 Å². The van der Waals surface area contributed by atoms with Gasteiger partial charge < -0.3 is 0 Å². The van der Waals surface area contributed by atoms with Gasteiger partial charge in [-0.15, -0.1) is 0 Å². The van der Waals surface area contributed by atoms with E-state index in [4.69, 9.17) is 0 Å². The summed E-state index contributed by atoms with van der Waals surface area (Å²) in [6.45, 7) is 0. The number of hydrogen-bond donors (Lipinski definition) is 1. The Bertz CT molecular complexity index is 730. The first-order valence-corrected chi connectivity index (χ1v) is 9.45. The molecule has 0 N–H and O–H groups in total. The van der Waals surface area contributed by atoms with Gasteiger partial charge in [-0.25, -0.2) is 0 Å². The molecule has 0 spiro atoms. The molecule has 0 bridgehead atoms. The molecule has 0 nitrogen and oxygen atoms in total. The Balaban J connectivity index is 1.98. The van der Waals surface area contributed by atoms with Crippen molar-refractivity contribution in [3.05, 3.63) is 84.9 Å². The van der Waals surface area contributed by atoms with E-state index in [0.717, 1.165) is 4.90 Å². The topological polar surface area (TPSA) is 0 Å². The van der Waals surface area contributed by atoms with Crippen molar-refractivity contribution in [2.24, 2.45) is 0 Å². The molecule has 0 aromatic heterocycles. The molecule has 0 radical (unpaired) electrons. The van der Waals surface area contributed by atoms with Crippen LogP contribution in [0.4, 0.5) is 13.2 Å². The molecule has 3 aromatic rings. The molecular formula is C19H15F3S2. The average Bonchev–Trinajstić information content (AvgIpc) is 2.57. The number of thiol groups is 1. The van der Waals surface area contributed by atoms with Crippen molar-refractivity contribution in [3.8, 4) is 0 Å². The molecule has 3 aromatic carbocycles. The molecule has 0 saturated carbocycles. The van der Waals surface area contributed by atoms with Gasteiger partial charge in [0.1, 0.15) is 0 Å². The van der Waals surface area contributed by atoms with Gasteiger partial charge in [-0.3, -0.25) is 0 Å². The van der Waals surface area contributed by atoms with Crippen LogP contribution in [-0.2, 0) is 0 Å². The van der Waals surface area contributed by atoms with Crippen molar-refractivity contribution in [2.45, 2.75) is 25.1 Å². The van der Waals surface area contributed by atoms with Crippen molar-refractivity contribution >= 4 is 22.7 Å². The standard InChI is InChI=1S/C19H15F3S2/c20-19(21,22)23-15-11-13-18(14-12-15)24(16-7-3-1-4-8-16)17-9-5-2-6-10-17/h1-14,24H.